The van der Waals surface area contributed by atoms with Crippen molar-refractivity contribution >= 4 is 0 Å². The van der Waals surface area contributed by atoms with Crippen LogP contribution < -0.4 is 0 Å². The summed E-state index contributed by atoms with van der Waals surface area (Å²) in [7, 11) is 2.34. The minimum absolute atomic E-state index is 0.891. The van der Waals surface area contributed by atoms with E-state index in [1.165, 1.54) is 58.4 Å². The molecule has 0 aliphatic carbocycles. The predicted molar refractivity (Wildman–Crippen MR) is 82.6 cm³/mol. The van der Waals surface area contributed by atoms with E-state index in [1.807, 2.05) is 13.8 Å². The van der Waals surface area contributed by atoms with E-state index >= 15 is 0 Å². The van der Waals surface area contributed by atoms with Crippen molar-refractivity contribution in [3.05, 3.63) is 0 Å². The molecule has 2 atom stereocenters. The Bertz CT molecular complexity index is 247. The maximum atomic E-state index is 2.78. The fourth-order valence-corrected chi connectivity index (χ4v) is 4.13. The largest absolute Gasteiger partial charge is 0.301 e. The highest BCUT2D eigenvalue weighted by molar-refractivity contribution is 4.97. The molecule has 0 N–H and O–H groups in total. The normalized spacial score (nSPS) is 36.9. The third-order valence-electron chi connectivity index (χ3n) is 5.44. The van der Waals surface area contributed by atoms with Gasteiger partial charge in [0.2, 0.25) is 0 Å². The molecule has 2 unspecified atom stereocenters. The number of hydrogen-bond acceptors (Lipinski definition) is 3. The molecule has 2 bridgehead atoms. The summed E-state index contributed by atoms with van der Waals surface area (Å²) in [6.45, 7) is 12.7. The lowest BCUT2D eigenvalue weighted by Crippen LogP contribution is -2.54. The first-order chi connectivity index (χ1) is 9.28. The smallest absolute Gasteiger partial charge is 0.0126 e. The fraction of sp³-hybridized carbons (Fsp3) is 1.00. The van der Waals surface area contributed by atoms with E-state index in [4.69, 9.17) is 0 Å². The predicted octanol–water partition coefficient (Wildman–Crippen LogP) is 2.28. The number of piperidine rings is 1. The lowest BCUT2D eigenvalue weighted by molar-refractivity contribution is 0.0413. The minimum Gasteiger partial charge on any atom is -0.301 e. The summed E-state index contributed by atoms with van der Waals surface area (Å²) in [6, 6.07) is 2.67. The molecule has 19 heavy (non-hydrogen) atoms. The lowest BCUT2D eigenvalue weighted by atomic mass is 9.96. The van der Waals surface area contributed by atoms with E-state index in [0.717, 1.165) is 18.1 Å². The van der Waals surface area contributed by atoms with Gasteiger partial charge < -0.3 is 9.80 Å². The summed E-state index contributed by atoms with van der Waals surface area (Å²) < 4.78 is 0. The topological polar surface area (TPSA) is 9.72 Å². The molecule has 3 fully saturated rings. The van der Waals surface area contributed by atoms with Crippen LogP contribution in [0.3, 0.4) is 0 Å². The summed E-state index contributed by atoms with van der Waals surface area (Å²) in [5.41, 5.74) is 0. The van der Waals surface area contributed by atoms with Crippen LogP contribution in [0.25, 0.3) is 0 Å². The molecule has 0 amide bonds. The van der Waals surface area contributed by atoms with Crippen molar-refractivity contribution in [2.24, 2.45) is 0 Å². The molecule has 0 aromatic heterocycles. The van der Waals surface area contributed by atoms with Gasteiger partial charge in [0, 0.05) is 44.3 Å². The van der Waals surface area contributed by atoms with Crippen molar-refractivity contribution in [1.82, 2.24) is 14.7 Å². The molecule has 0 spiro atoms. The van der Waals surface area contributed by atoms with Gasteiger partial charge in [-0.3, -0.25) is 4.90 Å². The second-order valence-corrected chi connectivity index (χ2v) is 6.15. The molecular weight excluding hydrogens is 234 g/mol. The first kappa shape index (κ1) is 15.3. The van der Waals surface area contributed by atoms with Gasteiger partial charge in [-0.25, -0.2) is 0 Å². The van der Waals surface area contributed by atoms with Crippen LogP contribution in [0.2, 0.25) is 0 Å². The summed E-state index contributed by atoms with van der Waals surface area (Å²) >= 11 is 0. The highest BCUT2D eigenvalue weighted by Crippen LogP contribution is 2.36. The second kappa shape index (κ2) is 7.05. The van der Waals surface area contributed by atoms with Crippen molar-refractivity contribution < 1.29 is 0 Å². The molecule has 0 saturated carbocycles. The highest BCUT2D eigenvalue weighted by atomic mass is 15.3. The van der Waals surface area contributed by atoms with Gasteiger partial charge in [0.15, 0.2) is 0 Å². The average molecular weight is 267 g/mol. The van der Waals surface area contributed by atoms with Crippen LogP contribution in [0.4, 0.5) is 0 Å². The van der Waals surface area contributed by atoms with Crippen LogP contribution >= 0.6 is 0 Å². The van der Waals surface area contributed by atoms with Crippen LogP contribution in [-0.4, -0.2) is 72.6 Å². The molecular formula is C16H33N3. The highest BCUT2D eigenvalue weighted by Gasteiger charge is 2.40. The maximum Gasteiger partial charge on any atom is 0.0126 e. The van der Waals surface area contributed by atoms with Crippen molar-refractivity contribution in [2.75, 3.05) is 39.8 Å². The van der Waals surface area contributed by atoms with Crippen molar-refractivity contribution in [2.45, 2.75) is 64.6 Å². The van der Waals surface area contributed by atoms with E-state index in [1.54, 1.807) is 0 Å². The zero-order valence-electron chi connectivity index (χ0n) is 13.4. The van der Waals surface area contributed by atoms with E-state index in [9.17, 15) is 0 Å². The summed E-state index contributed by atoms with van der Waals surface area (Å²) in [5, 5.41) is 0. The van der Waals surface area contributed by atoms with Gasteiger partial charge in [-0.15, -0.1) is 0 Å². The quantitative estimate of drug-likeness (QED) is 0.760. The number of fused-ring (bicyclic) bond motifs is 2. The summed E-state index contributed by atoms with van der Waals surface area (Å²) in [4.78, 5) is 8.02. The Labute approximate surface area is 119 Å². The van der Waals surface area contributed by atoms with Gasteiger partial charge in [-0.2, -0.15) is 0 Å². The Kier molecular flexibility index (Phi) is 5.67. The zero-order chi connectivity index (χ0) is 13.8. The molecule has 0 radical (unpaired) electrons. The van der Waals surface area contributed by atoms with Gasteiger partial charge in [-0.1, -0.05) is 20.8 Å². The van der Waals surface area contributed by atoms with E-state index < -0.39 is 0 Å². The Balaban J connectivity index is 0.000000637. The van der Waals surface area contributed by atoms with E-state index in [0.29, 0.717) is 0 Å². The van der Waals surface area contributed by atoms with Crippen LogP contribution in [0.1, 0.15) is 46.5 Å². The SMILES string of the molecule is CC.CCN1CCN(C2CC3CCC(C2)N3C)CC1. The third kappa shape index (κ3) is 3.32. The summed E-state index contributed by atoms with van der Waals surface area (Å²) in [5.74, 6) is 0. The number of nitrogens with zero attached hydrogens (tertiary/aromatic N) is 3. The summed E-state index contributed by atoms with van der Waals surface area (Å²) in [6.07, 6.45) is 5.76. The molecule has 0 aromatic rings. The molecule has 112 valence electrons. The Hall–Kier alpha value is -0.120. The fourth-order valence-electron chi connectivity index (χ4n) is 4.13. The molecule has 3 nitrogen and oxygen atoms in total. The van der Waals surface area contributed by atoms with Crippen LogP contribution in [0.15, 0.2) is 0 Å². The zero-order valence-corrected chi connectivity index (χ0v) is 13.4. The van der Waals surface area contributed by atoms with Crippen molar-refractivity contribution in [3.8, 4) is 0 Å². The molecule has 3 saturated heterocycles. The van der Waals surface area contributed by atoms with Gasteiger partial charge in [0.25, 0.3) is 0 Å². The average Bonchev–Trinajstić information content (AvgIpc) is 2.71. The van der Waals surface area contributed by atoms with Crippen molar-refractivity contribution in [3.63, 3.8) is 0 Å². The maximum absolute atomic E-state index is 2.78. The molecule has 3 aliphatic heterocycles. The number of likely N-dealkylation sites (N-methyl/N-ethyl adjacent to an activating group) is 1. The van der Waals surface area contributed by atoms with Crippen molar-refractivity contribution in [1.29, 1.82) is 0 Å². The minimum atomic E-state index is 0.891. The Morgan fingerprint density at radius 3 is 1.84 bits per heavy atom. The van der Waals surface area contributed by atoms with Gasteiger partial charge in [0.05, 0.1) is 0 Å². The number of rotatable bonds is 2. The second-order valence-electron chi connectivity index (χ2n) is 6.15. The standard InChI is InChI=1S/C14H27N3.C2H6/c1-3-16-6-8-17(9-7-16)14-10-12-4-5-13(11-14)15(12)2;1-2/h12-14H,3-11H2,1-2H3;1-2H3. The van der Waals surface area contributed by atoms with E-state index in [-0.39, 0.29) is 0 Å². The Morgan fingerprint density at radius 1 is 0.842 bits per heavy atom. The van der Waals surface area contributed by atoms with Gasteiger partial charge in [-0.05, 0) is 39.3 Å². The lowest BCUT2D eigenvalue weighted by Gasteiger charge is -2.44. The molecule has 3 rings (SSSR count). The van der Waals surface area contributed by atoms with E-state index in [2.05, 4.69) is 28.7 Å². The number of hydrogen-bond donors (Lipinski definition) is 0. The van der Waals surface area contributed by atoms with Crippen LogP contribution in [0, 0.1) is 0 Å². The first-order valence-electron chi connectivity index (χ1n) is 8.46. The van der Waals surface area contributed by atoms with Crippen LogP contribution in [-0.2, 0) is 0 Å². The number of piperazine rings is 1. The monoisotopic (exact) mass is 267 g/mol. The van der Waals surface area contributed by atoms with Gasteiger partial charge >= 0.3 is 0 Å². The first-order valence-corrected chi connectivity index (χ1v) is 8.46. The third-order valence-corrected chi connectivity index (χ3v) is 5.44. The van der Waals surface area contributed by atoms with Gasteiger partial charge in [0.1, 0.15) is 0 Å². The Morgan fingerprint density at radius 2 is 1.37 bits per heavy atom. The molecule has 3 heteroatoms. The molecule has 3 heterocycles. The molecule has 3 aliphatic rings. The van der Waals surface area contributed by atoms with Crippen LogP contribution in [0.5, 0.6) is 0 Å². The molecule has 0 aromatic carbocycles.